The van der Waals surface area contributed by atoms with E-state index in [0.717, 1.165) is 4.31 Å². The summed E-state index contributed by atoms with van der Waals surface area (Å²) in [6.07, 6.45) is -10.2. The highest BCUT2D eigenvalue weighted by molar-refractivity contribution is 7.89. The van der Waals surface area contributed by atoms with Gasteiger partial charge in [0, 0.05) is 0 Å². The van der Waals surface area contributed by atoms with Crippen LogP contribution in [-0.2, 0) is 22.4 Å². The van der Waals surface area contributed by atoms with Crippen molar-refractivity contribution >= 4 is 10.0 Å². The topological polar surface area (TPSA) is 54.0 Å². The Balaban J connectivity index is 2.57. The van der Waals surface area contributed by atoms with Crippen LogP contribution < -0.4 is 5.32 Å². The molecule has 0 aliphatic carbocycles. The summed E-state index contributed by atoms with van der Waals surface area (Å²) in [4.78, 5) is -0.999. The average Bonchev–Trinajstić information content (AvgIpc) is 2.46. The molecule has 0 aromatic heterocycles. The SMILES string of the molecule is O=S(=O)(c1cc(C(F)(F)F)cc(C(F)(F)F)c1)N1CC[NH2+]CC1. The van der Waals surface area contributed by atoms with Crippen molar-refractivity contribution in [1.82, 2.24) is 4.31 Å². The molecule has 0 radical (unpaired) electrons. The minimum absolute atomic E-state index is 0.0277. The van der Waals surface area contributed by atoms with Gasteiger partial charge in [-0.25, -0.2) is 8.42 Å². The monoisotopic (exact) mass is 363 g/mol. The van der Waals surface area contributed by atoms with Crippen LogP contribution >= 0.6 is 0 Å². The van der Waals surface area contributed by atoms with E-state index in [-0.39, 0.29) is 31.3 Å². The van der Waals surface area contributed by atoms with Gasteiger partial charge in [0.15, 0.2) is 0 Å². The minimum Gasteiger partial charge on any atom is -0.344 e. The lowest BCUT2D eigenvalue weighted by molar-refractivity contribution is -0.661. The fourth-order valence-corrected chi connectivity index (χ4v) is 3.73. The van der Waals surface area contributed by atoms with E-state index in [9.17, 15) is 34.8 Å². The van der Waals surface area contributed by atoms with Crippen molar-refractivity contribution in [3.8, 4) is 0 Å². The van der Waals surface area contributed by atoms with Crippen LogP contribution in [0.3, 0.4) is 0 Å². The third-order valence-electron chi connectivity index (χ3n) is 3.36. The van der Waals surface area contributed by atoms with Gasteiger partial charge in [0.05, 0.1) is 42.2 Å². The maximum absolute atomic E-state index is 12.8. The van der Waals surface area contributed by atoms with E-state index in [1.807, 2.05) is 0 Å². The van der Waals surface area contributed by atoms with Gasteiger partial charge in [0.1, 0.15) is 0 Å². The predicted octanol–water partition coefficient (Wildman–Crippen LogP) is 1.29. The van der Waals surface area contributed by atoms with Crippen LogP contribution in [0.1, 0.15) is 11.1 Å². The number of nitrogens with two attached hydrogens (primary N) is 1. The molecule has 0 atom stereocenters. The van der Waals surface area contributed by atoms with E-state index >= 15 is 0 Å². The molecule has 1 aliphatic heterocycles. The molecule has 1 saturated heterocycles. The van der Waals surface area contributed by atoms with Crippen molar-refractivity contribution in [2.75, 3.05) is 26.2 Å². The Morgan fingerprint density at radius 3 is 1.70 bits per heavy atom. The highest BCUT2D eigenvalue weighted by Gasteiger charge is 2.39. The molecule has 1 heterocycles. The Bertz CT molecular complexity index is 646. The Kier molecular flexibility index (Phi) is 4.66. The third kappa shape index (κ3) is 3.96. The van der Waals surface area contributed by atoms with Gasteiger partial charge < -0.3 is 5.32 Å². The molecule has 0 amide bonds. The average molecular weight is 363 g/mol. The summed E-state index contributed by atoms with van der Waals surface area (Å²) in [7, 11) is -4.41. The smallest absolute Gasteiger partial charge is 0.344 e. The molecule has 1 fully saturated rings. The van der Waals surface area contributed by atoms with E-state index in [1.54, 1.807) is 5.32 Å². The Labute approximate surface area is 128 Å². The molecule has 2 rings (SSSR count). The molecule has 23 heavy (non-hydrogen) atoms. The van der Waals surface area contributed by atoms with Gasteiger partial charge in [0.2, 0.25) is 10.0 Å². The van der Waals surface area contributed by atoms with Crippen molar-refractivity contribution in [3.63, 3.8) is 0 Å². The number of halogens is 6. The standard InChI is InChI=1S/C12H12F6N2O2S/c13-11(14,15)8-5-9(12(16,17)18)7-10(6-8)23(21,22)20-3-1-19-2-4-20/h5-7,19H,1-4H2/p+1. The van der Waals surface area contributed by atoms with Crippen LogP contribution in [0.2, 0.25) is 0 Å². The van der Waals surface area contributed by atoms with Gasteiger partial charge in [0.25, 0.3) is 0 Å². The van der Waals surface area contributed by atoms with Gasteiger partial charge in [-0.15, -0.1) is 0 Å². The largest absolute Gasteiger partial charge is 0.416 e. The second kappa shape index (κ2) is 5.95. The Morgan fingerprint density at radius 2 is 1.30 bits per heavy atom. The zero-order valence-corrected chi connectivity index (χ0v) is 12.4. The Morgan fingerprint density at radius 1 is 0.870 bits per heavy atom. The van der Waals surface area contributed by atoms with Gasteiger partial charge in [-0.1, -0.05) is 0 Å². The summed E-state index contributed by atoms with van der Waals surface area (Å²) >= 11 is 0. The van der Waals surface area contributed by atoms with Crippen LogP contribution in [0.15, 0.2) is 23.1 Å². The maximum atomic E-state index is 12.8. The summed E-state index contributed by atoms with van der Waals surface area (Å²) in [6, 6.07) is 0.384. The lowest BCUT2D eigenvalue weighted by Crippen LogP contribution is -2.89. The maximum Gasteiger partial charge on any atom is 0.416 e. The summed E-state index contributed by atoms with van der Waals surface area (Å²) in [5.74, 6) is 0. The molecule has 130 valence electrons. The number of quaternary nitrogens is 1. The quantitative estimate of drug-likeness (QED) is 0.806. The number of piperazine rings is 1. The molecule has 1 aromatic rings. The first-order valence-electron chi connectivity index (χ1n) is 6.53. The summed E-state index contributed by atoms with van der Waals surface area (Å²) in [5.41, 5.74) is -3.29. The molecular formula is C12H13F6N2O2S+. The van der Waals surface area contributed by atoms with Gasteiger partial charge in [-0.3, -0.25) is 0 Å². The second-order valence-corrected chi connectivity index (χ2v) is 6.95. The Hall–Kier alpha value is -1.33. The van der Waals surface area contributed by atoms with Crippen LogP contribution in [0.4, 0.5) is 26.3 Å². The summed E-state index contributed by atoms with van der Waals surface area (Å²) in [5, 5.41) is 1.80. The number of rotatable bonds is 2. The molecule has 11 heteroatoms. The first kappa shape index (κ1) is 18.0. The molecule has 0 saturated carbocycles. The second-order valence-electron chi connectivity index (χ2n) is 5.01. The van der Waals surface area contributed by atoms with Crippen molar-refractivity contribution in [2.45, 2.75) is 17.2 Å². The molecule has 2 N–H and O–H groups in total. The first-order chi connectivity index (χ1) is 10.4. The van der Waals surface area contributed by atoms with Crippen LogP contribution in [0.25, 0.3) is 0 Å². The van der Waals surface area contributed by atoms with E-state index in [1.165, 1.54) is 0 Å². The summed E-state index contributed by atoms with van der Waals surface area (Å²) in [6.45, 7) is 0.842. The van der Waals surface area contributed by atoms with Gasteiger partial charge in [-0.05, 0) is 18.2 Å². The molecule has 0 unspecified atom stereocenters. The molecule has 0 bridgehead atoms. The highest BCUT2D eigenvalue weighted by atomic mass is 32.2. The van der Waals surface area contributed by atoms with Gasteiger partial charge in [-0.2, -0.15) is 30.6 Å². The molecular weight excluding hydrogens is 350 g/mol. The number of nitrogens with zero attached hydrogens (tertiary/aromatic N) is 1. The van der Waals surface area contributed by atoms with E-state index in [4.69, 9.17) is 0 Å². The highest BCUT2D eigenvalue weighted by Crippen LogP contribution is 2.37. The molecule has 0 spiro atoms. The number of hydrogen-bond donors (Lipinski definition) is 1. The molecule has 1 aliphatic rings. The van der Waals surface area contributed by atoms with E-state index in [2.05, 4.69) is 0 Å². The fourth-order valence-electron chi connectivity index (χ4n) is 2.19. The zero-order chi connectivity index (χ0) is 17.5. The van der Waals surface area contributed by atoms with E-state index in [0.29, 0.717) is 13.1 Å². The molecule has 1 aromatic carbocycles. The number of hydrogen-bond acceptors (Lipinski definition) is 2. The van der Waals surface area contributed by atoms with Crippen molar-refractivity contribution in [3.05, 3.63) is 29.3 Å². The number of alkyl halides is 6. The van der Waals surface area contributed by atoms with Crippen LogP contribution in [-0.4, -0.2) is 38.9 Å². The lowest BCUT2D eigenvalue weighted by Gasteiger charge is -2.25. The van der Waals surface area contributed by atoms with Crippen molar-refractivity contribution < 1.29 is 40.1 Å². The lowest BCUT2D eigenvalue weighted by atomic mass is 10.1. The predicted molar refractivity (Wildman–Crippen MR) is 66.9 cm³/mol. The van der Waals surface area contributed by atoms with E-state index < -0.39 is 38.4 Å². The first-order valence-corrected chi connectivity index (χ1v) is 7.97. The summed E-state index contributed by atoms with van der Waals surface area (Å²) < 4.78 is 102. The number of sulfonamides is 1. The van der Waals surface area contributed by atoms with Crippen molar-refractivity contribution in [2.24, 2.45) is 0 Å². The minimum atomic E-state index is -5.08. The van der Waals surface area contributed by atoms with Crippen LogP contribution in [0, 0.1) is 0 Å². The van der Waals surface area contributed by atoms with Crippen LogP contribution in [0.5, 0.6) is 0 Å². The van der Waals surface area contributed by atoms with Crippen molar-refractivity contribution in [1.29, 1.82) is 0 Å². The number of benzene rings is 1. The molecule has 4 nitrogen and oxygen atoms in total. The fraction of sp³-hybridized carbons (Fsp3) is 0.500. The normalized spacial score (nSPS) is 18.2. The third-order valence-corrected chi connectivity index (χ3v) is 5.24. The van der Waals surface area contributed by atoms with Gasteiger partial charge >= 0.3 is 12.4 Å². The zero-order valence-electron chi connectivity index (χ0n) is 11.6.